The third-order valence-corrected chi connectivity index (χ3v) is 9.49. The molecule has 2 aromatic heterocycles. The molecule has 246 valence electrons. The normalized spacial score (nSPS) is 13.9. The molecule has 0 spiro atoms. The van der Waals surface area contributed by atoms with Crippen LogP contribution in [0.3, 0.4) is 0 Å². The third-order valence-electron chi connectivity index (χ3n) is 8.46. The van der Waals surface area contributed by atoms with Crippen molar-refractivity contribution in [3.05, 3.63) is 52.5 Å². The predicted octanol–water partition coefficient (Wildman–Crippen LogP) is 8.21. The maximum atomic E-state index is 14.0. The molecule has 1 aliphatic rings. The van der Waals surface area contributed by atoms with Gasteiger partial charge in [0.2, 0.25) is 0 Å². The van der Waals surface area contributed by atoms with Crippen molar-refractivity contribution in [1.82, 2.24) is 9.55 Å². The van der Waals surface area contributed by atoms with Crippen LogP contribution in [0.2, 0.25) is 0 Å². The SMILES string of the molecule is COc1cc(-c2nc(NC(=O)c3cc4c(OC)cccc4n3CC(=O)OC(C)(C)C)sc2CCC2CCCCC2)c(OC)cc1C. The van der Waals surface area contributed by atoms with E-state index in [4.69, 9.17) is 23.9 Å². The van der Waals surface area contributed by atoms with Crippen molar-refractivity contribution >= 4 is 39.2 Å². The first-order valence-corrected chi connectivity index (χ1v) is 16.7. The van der Waals surface area contributed by atoms with E-state index in [9.17, 15) is 9.59 Å². The van der Waals surface area contributed by atoms with Crippen LogP contribution in [0.25, 0.3) is 22.2 Å². The van der Waals surface area contributed by atoms with Crippen molar-refractivity contribution in [1.29, 1.82) is 0 Å². The number of hydrogen-bond acceptors (Lipinski definition) is 8. The number of methoxy groups -OCH3 is 3. The summed E-state index contributed by atoms with van der Waals surface area (Å²) in [6, 6.07) is 11.2. The van der Waals surface area contributed by atoms with Crippen molar-refractivity contribution in [2.24, 2.45) is 5.92 Å². The Labute approximate surface area is 275 Å². The first kappa shape index (κ1) is 33.3. The number of benzene rings is 2. The molecule has 2 aromatic carbocycles. The highest BCUT2D eigenvalue weighted by Gasteiger charge is 2.25. The predicted molar refractivity (Wildman–Crippen MR) is 183 cm³/mol. The molecule has 1 saturated carbocycles. The van der Waals surface area contributed by atoms with Crippen LogP contribution in [0.4, 0.5) is 5.13 Å². The second kappa shape index (κ2) is 14.2. The van der Waals surface area contributed by atoms with Crippen molar-refractivity contribution in [3.63, 3.8) is 0 Å². The van der Waals surface area contributed by atoms with Crippen molar-refractivity contribution in [2.45, 2.75) is 84.8 Å². The highest BCUT2D eigenvalue weighted by Crippen LogP contribution is 2.41. The maximum absolute atomic E-state index is 14.0. The van der Waals surface area contributed by atoms with Crippen LogP contribution in [0, 0.1) is 12.8 Å². The first-order chi connectivity index (χ1) is 22.0. The molecule has 0 radical (unpaired) electrons. The lowest BCUT2D eigenvalue weighted by molar-refractivity contribution is -0.155. The standard InChI is InChI=1S/C36H45N3O6S/c1-22-18-30(44-7)25(20-29(22)43-6)33-31(17-16-23-12-9-8-10-13-23)46-35(37-33)38-34(41)27-19-24-26(14-11-15-28(24)42-5)39(27)21-32(40)45-36(2,3)4/h11,14-15,18-20,23H,8-10,12-13,16-17,21H2,1-7H3,(H,37,38,41). The molecule has 5 rings (SSSR count). The summed E-state index contributed by atoms with van der Waals surface area (Å²) in [6.07, 6.45) is 8.31. The molecule has 1 N–H and O–H groups in total. The van der Waals surface area contributed by atoms with Crippen LogP contribution in [-0.4, -0.2) is 48.4 Å². The molecule has 1 amide bonds. The minimum Gasteiger partial charge on any atom is -0.496 e. The van der Waals surface area contributed by atoms with Gasteiger partial charge >= 0.3 is 5.97 Å². The molecular formula is C36H45N3O6S. The van der Waals surface area contributed by atoms with Crippen LogP contribution in [0.1, 0.15) is 80.2 Å². The minimum absolute atomic E-state index is 0.132. The van der Waals surface area contributed by atoms with Crippen LogP contribution < -0.4 is 19.5 Å². The summed E-state index contributed by atoms with van der Waals surface area (Å²) in [5.41, 5.74) is 2.90. The first-order valence-electron chi connectivity index (χ1n) is 15.9. The second-order valence-corrected chi connectivity index (χ2v) is 14.0. The average molecular weight is 648 g/mol. The zero-order chi connectivity index (χ0) is 33.0. The van der Waals surface area contributed by atoms with Gasteiger partial charge in [-0.25, -0.2) is 4.98 Å². The molecule has 2 heterocycles. The molecule has 0 atom stereocenters. The molecule has 10 heteroatoms. The molecule has 1 aliphatic carbocycles. The van der Waals surface area contributed by atoms with E-state index in [2.05, 4.69) is 5.32 Å². The fraction of sp³-hybridized carbons (Fsp3) is 0.472. The quantitative estimate of drug-likeness (QED) is 0.164. The van der Waals surface area contributed by atoms with Crippen LogP contribution in [0.5, 0.6) is 17.2 Å². The van der Waals surface area contributed by atoms with E-state index in [1.54, 1.807) is 32.0 Å². The number of anilines is 1. The summed E-state index contributed by atoms with van der Waals surface area (Å²) < 4.78 is 24.3. The monoisotopic (exact) mass is 647 g/mol. The van der Waals surface area contributed by atoms with Gasteiger partial charge in [0.15, 0.2) is 5.13 Å². The highest BCUT2D eigenvalue weighted by atomic mass is 32.1. The van der Waals surface area contributed by atoms with Gasteiger partial charge in [0, 0.05) is 15.8 Å². The van der Waals surface area contributed by atoms with E-state index in [-0.39, 0.29) is 12.5 Å². The number of hydrogen-bond donors (Lipinski definition) is 1. The van der Waals surface area contributed by atoms with Gasteiger partial charge in [-0.15, -0.1) is 11.3 Å². The third kappa shape index (κ3) is 7.49. The van der Waals surface area contributed by atoms with Crippen molar-refractivity contribution < 1.29 is 28.5 Å². The lowest BCUT2D eigenvalue weighted by atomic mass is 9.86. The van der Waals surface area contributed by atoms with E-state index in [0.717, 1.165) is 45.7 Å². The Kier molecular flexibility index (Phi) is 10.3. The number of nitrogens with zero attached hydrogens (tertiary/aromatic N) is 2. The van der Waals surface area contributed by atoms with Crippen LogP contribution >= 0.6 is 11.3 Å². The summed E-state index contributed by atoms with van der Waals surface area (Å²) in [6.45, 7) is 7.31. The van der Waals surface area contributed by atoms with Crippen LogP contribution in [0.15, 0.2) is 36.4 Å². The largest absolute Gasteiger partial charge is 0.496 e. The summed E-state index contributed by atoms with van der Waals surface area (Å²) in [5.74, 6) is 1.92. The van der Waals surface area contributed by atoms with Gasteiger partial charge in [-0.1, -0.05) is 38.2 Å². The van der Waals surface area contributed by atoms with Gasteiger partial charge in [-0.3, -0.25) is 14.9 Å². The second-order valence-electron chi connectivity index (χ2n) is 12.9. The Morgan fingerprint density at radius 3 is 2.37 bits per heavy atom. The van der Waals surface area contributed by atoms with Gasteiger partial charge in [-0.2, -0.15) is 0 Å². The van der Waals surface area contributed by atoms with Gasteiger partial charge in [0.25, 0.3) is 5.91 Å². The van der Waals surface area contributed by atoms with Crippen molar-refractivity contribution in [2.75, 3.05) is 26.6 Å². The number of thiazole rings is 1. The Bertz CT molecular complexity index is 1710. The van der Waals surface area contributed by atoms with E-state index in [0.29, 0.717) is 33.8 Å². The van der Waals surface area contributed by atoms with Crippen molar-refractivity contribution in [3.8, 4) is 28.5 Å². The minimum atomic E-state index is -0.662. The summed E-state index contributed by atoms with van der Waals surface area (Å²) in [7, 11) is 4.89. The maximum Gasteiger partial charge on any atom is 0.326 e. The number of esters is 1. The number of aryl methyl sites for hydroxylation is 2. The Hall–Kier alpha value is -4.05. The van der Waals surface area contributed by atoms with E-state index < -0.39 is 11.6 Å². The number of carbonyl (C=O) groups excluding carboxylic acids is 2. The number of carbonyl (C=O) groups is 2. The summed E-state index contributed by atoms with van der Waals surface area (Å²) >= 11 is 1.48. The topological polar surface area (TPSA) is 101 Å². The number of amides is 1. The molecule has 1 fully saturated rings. The fourth-order valence-corrected chi connectivity index (χ4v) is 7.28. The number of ether oxygens (including phenoxy) is 4. The zero-order valence-electron chi connectivity index (χ0n) is 28.0. The number of nitrogens with one attached hydrogen (secondary N) is 1. The Balaban J connectivity index is 1.52. The Morgan fingerprint density at radius 2 is 1.70 bits per heavy atom. The van der Waals surface area contributed by atoms with Crippen LogP contribution in [-0.2, 0) is 22.5 Å². The molecule has 9 nitrogen and oxygen atoms in total. The van der Waals surface area contributed by atoms with Gasteiger partial charge in [-0.05, 0) is 82.3 Å². The molecule has 0 bridgehead atoms. The van der Waals surface area contributed by atoms with Gasteiger partial charge < -0.3 is 23.5 Å². The summed E-state index contributed by atoms with van der Waals surface area (Å²) in [5, 5.41) is 4.25. The molecular weight excluding hydrogens is 602 g/mol. The lowest BCUT2D eigenvalue weighted by Gasteiger charge is -2.21. The number of fused-ring (bicyclic) bond motifs is 1. The number of rotatable bonds is 11. The molecule has 46 heavy (non-hydrogen) atoms. The fourth-order valence-electron chi connectivity index (χ4n) is 6.29. The Morgan fingerprint density at radius 1 is 0.978 bits per heavy atom. The highest BCUT2D eigenvalue weighted by molar-refractivity contribution is 7.16. The van der Waals surface area contributed by atoms with E-state index in [1.807, 2.05) is 58.0 Å². The molecule has 0 saturated heterocycles. The molecule has 4 aromatic rings. The smallest absolute Gasteiger partial charge is 0.326 e. The summed E-state index contributed by atoms with van der Waals surface area (Å²) in [4.78, 5) is 33.0. The van der Waals surface area contributed by atoms with E-state index >= 15 is 0 Å². The lowest BCUT2D eigenvalue weighted by Crippen LogP contribution is -2.28. The molecule has 0 aliphatic heterocycles. The number of aromatic nitrogens is 2. The zero-order valence-corrected chi connectivity index (χ0v) is 28.8. The average Bonchev–Trinajstić information content (AvgIpc) is 3.60. The molecule has 0 unspecified atom stereocenters. The van der Waals surface area contributed by atoms with Gasteiger partial charge in [0.05, 0.1) is 32.5 Å². The van der Waals surface area contributed by atoms with E-state index in [1.165, 1.54) is 43.4 Å². The van der Waals surface area contributed by atoms with Gasteiger partial charge in [0.1, 0.15) is 35.1 Å².